The molecule has 1 heterocycles. The zero-order valence-electron chi connectivity index (χ0n) is 30.4. The predicted molar refractivity (Wildman–Crippen MR) is 227 cm³/mol. The molecule has 1 aliphatic rings. The number of hydrogen-bond acceptors (Lipinski definition) is 2. The third-order valence-corrected chi connectivity index (χ3v) is 10.9. The van der Waals surface area contributed by atoms with E-state index in [0.29, 0.717) is 11.5 Å². The van der Waals surface area contributed by atoms with Gasteiger partial charge in [0, 0.05) is 27.7 Å². The van der Waals surface area contributed by atoms with Gasteiger partial charge < -0.3 is 10.3 Å². The second-order valence-electron chi connectivity index (χ2n) is 14.4. The zero-order valence-corrected chi connectivity index (χ0v) is 30.4. The summed E-state index contributed by atoms with van der Waals surface area (Å²) >= 11 is 0. The molecule has 1 unspecified atom stereocenters. The van der Waals surface area contributed by atoms with E-state index in [1.165, 1.54) is 38.6 Å². The number of hydrogen-bond donors (Lipinski definition) is 1. The molecule has 3 heteroatoms. The summed E-state index contributed by atoms with van der Waals surface area (Å²) in [6.07, 6.45) is 8.04. The van der Waals surface area contributed by atoms with Crippen LogP contribution in [-0.2, 0) is 0 Å². The van der Waals surface area contributed by atoms with Crippen molar-refractivity contribution >= 4 is 33.1 Å². The van der Waals surface area contributed by atoms with Crippen LogP contribution in [0.3, 0.4) is 0 Å². The minimum atomic E-state index is 0.578. The fourth-order valence-electron chi connectivity index (χ4n) is 8.06. The molecule has 0 radical (unpaired) electrons. The number of benzene rings is 7. The maximum atomic E-state index is 10.2. The van der Waals surface area contributed by atoms with Gasteiger partial charge in [0.05, 0.1) is 22.7 Å². The van der Waals surface area contributed by atoms with Crippen molar-refractivity contribution in [3.8, 4) is 56.3 Å². The molecule has 1 atom stereocenters. The summed E-state index contributed by atoms with van der Waals surface area (Å²) in [4.78, 5) is 0. The largest absolute Gasteiger partial charge is 0.398 e. The highest BCUT2D eigenvalue weighted by Gasteiger charge is 2.17. The van der Waals surface area contributed by atoms with Crippen molar-refractivity contribution in [2.24, 2.45) is 5.92 Å². The number of allylic oxidation sites excluding steroid dienone is 4. The molecule has 9 rings (SSSR count). The number of rotatable bonds is 6. The standard InChI is InChI=1S/C51H39N3/c1-33-18-20-36(21-19-33)44-15-9-16-45(34(44)2)40-22-24-47-48-30-38(23-25-50(48)54(51(47)31-40)43-12-4-3-5-13-43)42-27-35(32-52)26-41(29-42)37-10-8-11-39(28-37)46-14-6-7-17-49(46)53/h3-18,20-31,33H,19,53H2,1-2H3. The van der Waals surface area contributed by atoms with E-state index in [4.69, 9.17) is 5.73 Å². The van der Waals surface area contributed by atoms with Crippen LogP contribution in [0.2, 0.25) is 0 Å². The first-order valence-corrected chi connectivity index (χ1v) is 18.6. The van der Waals surface area contributed by atoms with E-state index in [2.05, 4.69) is 158 Å². The highest BCUT2D eigenvalue weighted by Crippen LogP contribution is 2.40. The van der Waals surface area contributed by atoms with Crippen LogP contribution in [0.15, 0.2) is 170 Å². The SMILES string of the molecule is Cc1c(C2=CCC(C)C=C2)cccc1-c1ccc2c3cc(-c4cc(C#N)cc(-c5cccc(-c6ccccc6N)c5)c4)ccc3n(-c3ccccc3)c2c1. The van der Waals surface area contributed by atoms with E-state index in [0.717, 1.165) is 62.2 Å². The quantitative estimate of drug-likeness (QED) is 0.176. The van der Waals surface area contributed by atoms with Gasteiger partial charge in [-0.05, 0) is 136 Å². The molecule has 0 saturated heterocycles. The van der Waals surface area contributed by atoms with Gasteiger partial charge >= 0.3 is 0 Å². The van der Waals surface area contributed by atoms with Crippen LogP contribution in [0, 0.1) is 24.2 Å². The molecule has 258 valence electrons. The van der Waals surface area contributed by atoms with Crippen molar-refractivity contribution in [3.05, 3.63) is 187 Å². The number of nitrogen functional groups attached to an aromatic ring is 1. The van der Waals surface area contributed by atoms with Crippen LogP contribution in [0.4, 0.5) is 5.69 Å². The normalized spacial score (nSPS) is 13.9. The fourth-order valence-corrected chi connectivity index (χ4v) is 8.06. The molecule has 0 saturated carbocycles. The Labute approximate surface area is 316 Å². The highest BCUT2D eigenvalue weighted by atomic mass is 15.0. The summed E-state index contributed by atoms with van der Waals surface area (Å²) in [5.74, 6) is 0.578. The van der Waals surface area contributed by atoms with Crippen LogP contribution in [-0.4, -0.2) is 4.57 Å². The lowest BCUT2D eigenvalue weighted by atomic mass is 9.88. The zero-order chi connectivity index (χ0) is 36.8. The highest BCUT2D eigenvalue weighted by molar-refractivity contribution is 6.11. The summed E-state index contributed by atoms with van der Waals surface area (Å²) in [6, 6.07) is 55.7. The first-order chi connectivity index (χ1) is 26.4. The molecule has 1 aliphatic carbocycles. The van der Waals surface area contributed by atoms with Crippen molar-refractivity contribution < 1.29 is 0 Å². The number of nitrogens with two attached hydrogens (primary N) is 1. The number of fused-ring (bicyclic) bond motifs is 3. The second kappa shape index (κ2) is 13.6. The monoisotopic (exact) mass is 693 g/mol. The molecule has 8 aromatic rings. The Morgan fingerprint density at radius 2 is 1.26 bits per heavy atom. The molecular weight excluding hydrogens is 655 g/mol. The van der Waals surface area contributed by atoms with Crippen LogP contribution in [0.5, 0.6) is 0 Å². The van der Waals surface area contributed by atoms with Crippen LogP contribution < -0.4 is 5.73 Å². The number of nitrogens with zero attached hydrogens (tertiary/aromatic N) is 2. The van der Waals surface area contributed by atoms with Crippen LogP contribution >= 0.6 is 0 Å². The first kappa shape index (κ1) is 33.0. The molecular formula is C51H39N3. The van der Waals surface area contributed by atoms with Gasteiger partial charge in [0.25, 0.3) is 0 Å². The molecule has 0 aliphatic heterocycles. The van der Waals surface area contributed by atoms with Crippen molar-refractivity contribution in [1.29, 1.82) is 5.26 Å². The third kappa shape index (κ3) is 5.89. The van der Waals surface area contributed by atoms with Crippen molar-refractivity contribution in [2.75, 3.05) is 5.73 Å². The molecule has 0 spiro atoms. The minimum absolute atomic E-state index is 0.578. The smallest absolute Gasteiger partial charge is 0.0992 e. The van der Waals surface area contributed by atoms with E-state index in [-0.39, 0.29) is 0 Å². The lowest BCUT2D eigenvalue weighted by Gasteiger charge is -2.17. The van der Waals surface area contributed by atoms with Crippen LogP contribution in [0.25, 0.3) is 77.6 Å². The van der Waals surface area contributed by atoms with E-state index in [1.54, 1.807) is 0 Å². The Bertz CT molecular complexity index is 2840. The number of nitriles is 1. The van der Waals surface area contributed by atoms with Gasteiger partial charge in [-0.3, -0.25) is 0 Å². The van der Waals surface area contributed by atoms with Gasteiger partial charge in [0.1, 0.15) is 0 Å². The molecule has 0 fully saturated rings. The summed E-state index contributed by atoms with van der Waals surface area (Å²) in [5.41, 5.74) is 23.6. The third-order valence-electron chi connectivity index (χ3n) is 10.9. The molecule has 0 bridgehead atoms. The lowest BCUT2D eigenvalue weighted by Crippen LogP contribution is -1.97. The van der Waals surface area contributed by atoms with E-state index < -0.39 is 0 Å². The van der Waals surface area contributed by atoms with E-state index in [9.17, 15) is 5.26 Å². The number of aromatic nitrogens is 1. The molecule has 54 heavy (non-hydrogen) atoms. The van der Waals surface area contributed by atoms with Crippen molar-refractivity contribution in [1.82, 2.24) is 4.57 Å². The maximum Gasteiger partial charge on any atom is 0.0992 e. The average Bonchev–Trinajstić information content (AvgIpc) is 3.54. The van der Waals surface area contributed by atoms with Crippen molar-refractivity contribution in [3.63, 3.8) is 0 Å². The van der Waals surface area contributed by atoms with Gasteiger partial charge in [-0.15, -0.1) is 0 Å². The van der Waals surface area contributed by atoms with Crippen molar-refractivity contribution in [2.45, 2.75) is 20.3 Å². The average molecular weight is 694 g/mol. The Morgan fingerprint density at radius 3 is 2.04 bits per heavy atom. The fraction of sp³-hybridized carbons (Fsp3) is 0.0784. The van der Waals surface area contributed by atoms with Gasteiger partial charge in [-0.25, -0.2) is 0 Å². The Kier molecular flexibility index (Phi) is 8.30. The number of para-hydroxylation sites is 2. The van der Waals surface area contributed by atoms with Gasteiger partial charge in [0.15, 0.2) is 0 Å². The summed E-state index contributed by atoms with van der Waals surface area (Å²) in [5, 5.41) is 12.5. The van der Waals surface area contributed by atoms with Gasteiger partial charge in [-0.1, -0.05) is 116 Å². The summed E-state index contributed by atoms with van der Waals surface area (Å²) < 4.78 is 2.38. The Balaban J connectivity index is 1.18. The van der Waals surface area contributed by atoms with Gasteiger partial charge in [-0.2, -0.15) is 5.26 Å². The molecule has 1 aromatic heterocycles. The molecule has 7 aromatic carbocycles. The summed E-state index contributed by atoms with van der Waals surface area (Å²) in [7, 11) is 0. The molecule has 2 N–H and O–H groups in total. The summed E-state index contributed by atoms with van der Waals surface area (Å²) in [6.45, 7) is 4.51. The van der Waals surface area contributed by atoms with E-state index in [1.807, 2.05) is 36.4 Å². The lowest BCUT2D eigenvalue weighted by molar-refractivity contribution is 0.739. The molecule has 3 nitrogen and oxygen atoms in total. The Hall–Kier alpha value is -6.89. The first-order valence-electron chi connectivity index (χ1n) is 18.6. The van der Waals surface area contributed by atoms with Crippen LogP contribution in [0.1, 0.15) is 30.0 Å². The topological polar surface area (TPSA) is 54.7 Å². The second-order valence-corrected chi connectivity index (χ2v) is 14.4. The maximum absolute atomic E-state index is 10.2. The van der Waals surface area contributed by atoms with E-state index >= 15 is 0 Å². The predicted octanol–water partition coefficient (Wildman–Crippen LogP) is 13.2. The minimum Gasteiger partial charge on any atom is -0.398 e. The molecule has 0 amide bonds. The Morgan fingerprint density at radius 1 is 0.593 bits per heavy atom. The van der Waals surface area contributed by atoms with Gasteiger partial charge in [0.2, 0.25) is 0 Å². The number of anilines is 1.